The lowest BCUT2D eigenvalue weighted by molar-refractivity contribution is -0.144. The molecule has 0 heterocycles. The number of unbranched alkanes of at least 4 members (excludes halogenated alkanes) is 1. The maximum absolute atomic E-state index is 11.7. The van der Waals surface area contributed by atoms with Crippen LogP contribution in [-0.4, -0.2) is 18.5 Å². The zero-order valence-electron chi connectivity index (χ0n) is 13.0. The molecule has 0 saturated carbocycles. The van der Waals surface area contributed by atoms with Crippen molar-refractivity contribution in [1.82, 2.24) is 0 Å². The Morgan fingerprint density at radius 3 is 2.61 bits per heavy atom. The first-order chi connectivity index (χ1) is 11.0. The summed E-state index contributed by atoms with van der Waals surface area (Å²) in [7, 11) is 0. The lowest BCUT2D eigenvalue weighted by Crippen LogP contribution is -2.10. The molecule has 0 unspecified atom stereocenters. The number of ether oxygens (including phenoxy) is 2. The largest absolute Gasteiger partial charge is 0.466 e. The Morgan fingerprint density at radius 2 is 1.87 bits per heavy atom. The average Bonchev–Trinajstić information content (AvgIpc) is 2.51. The van der Waals surface area contributed by atoms with E-state index in [2.05, 4.69) is 0 Å². The first-order valence-electron chi connectivity index (χ1n) is 7.46. The van der Waals surface area contributed by atoms with E-state index in [0.717, 1.165) is 12.8 Å². The molecule has 126 valence electrons. The molecule has 0 spiro atoms. The fraction of sp³-hybridized carbons (Fsp3) is 0.412. The molecular weight excluding hydrogens is 339 g/mol. The van der Waals surface area contributed by atoms with E-state index in [4.69, 9.17) is 32.7 Å². The van der Waals surface area contributed by atoms with Gasteiger partial charge in [0.05, 0.1) is 11.6 Å². The third-order valence-electron chi connectivity index (χ3n) is 2.92. The Kier molecular flexibility index (Phi) is 9.41. The second kappa shape index (κ2) is 11.1. The summed E-state index contributed by atoms with van der Waals surface area (Å²) in [6.07, 6.45) is 6.32. The van der Waals surface area contributed by atoms with Gasteiger partial charge in [0, 0.05) is 12.8 Å². The fourth-order valence-corrected chi connectivity index (χ4v) is 2.07. The van der Waals surface area contributed by atoms with Crippen molar-refractivity contribution in [1.29, 1.82) is 0 Å². The molecule has 0 atom stereocenters. The Hall–Kier alpha value is -1.52. The summed E-state index contributed by atoms with van der Waals surface area (Å²) >= 11 is 11.8. The van der Waals surface area contributed by atoms with Crippen LogP contribution < -0.4 is 4.74 Å². The van der Waals surface area contributed by atoms with E-state index >= 15 is 0 Å². The van der Waals surface area contributed by atoms with Crippen molar-refractivity contribution in [3.05, 3.63) is 40.4 Å². The SMILES string of the molecule is C/C=C/CCCOC(=O)CCCC(=O)Oc1cccc(Cl)c1Cl. The fourth-order valence-electron chi connectivity index (χ4n) is 1.74. The van der Waals surface area contributed by atoms with Gasteiger partial charge in [-0.15, -0.1) is 0 Å². The lowest BCUT2D eigenvalue weighted by atomic mass is 10.2. The molecule has 1 aromatic rings. The standard InChI is InChI=1S/C17H20Cl2O4/c1-2-3-4-5-12-22-15(20)10-7-11-16(21)23-14-9-6-8-13(18)17(14)19/h2-3,6,8-9H,4-5,7,10-12H2,1H3/b3-2+. The monoisotopic (exact) mass is 358 g/mol. The minimum Gasteiger partial charge on any atom is -0.466 e. The molecule has 0 bridgehead atoms. The average molecular weight is 359 g/mol. The Morgan fingerprint density at radius 1 is 1.13 bits per heavy atom. The van der Waals surface area contributed by atoms with Crippen LogP contribution in [0.25, 0.3) is 0 Å². The lowest BCUT2D eigenvalue weighted by Gasteiger charge is -2.07. The van der Waals surface area contributed by atoms with E-state index in [1.165, 1.54) is 0 Å². The van der Waals surface area contributed by atoms with E-state index in [-0.39, 0.29) is 29.6 Å². The summed E-state index contributed by atoms with van der Waals surface area (Å²) in [5.74, 6) is -0.551. The highest BCUT2D eigenvalue weighted by Crippen LogP contribution is 2.31. The third kappa shape index (κ3) is 8.05. The molecular formula is C17H20Cl2O4. The van der Waals surface area contributed by atoms with E-state index in [9.17, 15) is 9.59 Å². The molecule has 4 nitrogen and oxygen atoms in total. The van der Waals surface area contributed by atoms with Crippen molar-refractivity contribution in [2.75, 3.05) is 6.61 Å². The molecule has 0 aliphatic rings. The third-order valence-corrected chi connectivity index (χ3v) is 3.72. The molecule has 6 heteroatoms. The summed E-state index contributed by atoms with van der Waals surface area (Å²) in [4.78, 5) is 23.2. The van der Waals surface area contributed by atoms with E-state index in [0.29, 0.717) is 18.1 Å². The molecule has 0 amide bonds. The van der Waals surface area contributed by atoms with Crippen LogP contribution in [-0.2, 0) is 14.3 Å². The van der Waals surface area contributed by atoms with E-state index in [1.807, 2.05) is 19.1 Å². The molecule has 1 rings (SSSR count). The molecule has 0 fully saturated rings. The van der Waals surface area contributed by atoms with Gasteiger partial charge in [0.2, 0.25) is 0 Å². The number of carbonyl (C=O) groups excluding carboxylic acids is 2. The highest BCUT2D eigenvalue weighted by atomic mass is 35.5. The van der Waals surface area contributed by atoms with Gasteiger partial charge in [0.25, 0.3) is 0 Å². The summed E-state index contributed by atoms with van der Waals surface area (Å²) in [6, 6.07) is 4.81. The molecule has 0 saturated heterocycles. The highest BCUT2D eigenvalue weighted by Gasteiger charge is 2.11. The quantitative estimate of drug-likeness (QED) is 0.270. The number of carbonyl (C=O) groups is 2. The van der Waals surface area contributed by atoms with Crippen molar-refractivity contribution >= 4 is 35.1 Å². The second-order valence-corrected chi connectivity index (χ2v) is 5.60. The van der Waals surface area contributed by atoms with Crippen molar-refractivity contribution < 1.29 is 19.1 Å². The molecule has 0 aromatic heterocycles. The van der Waals surface area contributed by atoms with Gasteiger partial charge in [-0.3, -0.25) is 9.59 Å². The van der Waals surface area contributed by atoms with Crippen molar-refractivity contribution in [3.8, 4) is 5.75 Å². The minimum atomic E-state index is -0.463. The molecule has 1 aromatic carbocycles. The van der Waals surface area contributed by atoms with Crippen LogP contribution in [0.3, 0.4) is 0 Å². The van der Waals surface area contributed by atoms with Crippen LogP contribution in [0.2, 0.25) is 10.0 Å². The highest BCUT2D eigenvalue weighted by molar-refractivity contribution is 6.43. The number of rotatable bonds is 9. The van der Waals surface area contributed by atoms with Gasteiger partial charge in [-0.2, -0.15) is 0 Å². The molecule has 0 aliphatic heterocycles. The van der Waals surface area contributed by atoms with Crippen LogP contribution >= 0.6 is 23.2 Å². The minimum absolute atomic E-state index is 0.108. The Labute approximate surface area is 146 Å². The van der Waals surface area contributed by atoms with Gasteiger partial charge in [-0.25, -0.2) is 0 Å². The summed E-state index contributed by atoms with van der Waals surface area (Å²) in [6.45, 7) is 2.34. The number of hydrogen-bond acceptors (Lipinski definition) is 4. The Balaban J connectivity index is 2.21. The molecule has 23 heavy (non-hydrogen) atoms. The van der Waals surface area contributed by atoms with Gasteiger partial charge in [-0.05, 0) is 38.3 Å². The van der Waals surface area contributed by atoms with Crippen LogP contribution in [0.15, 0.2) is 30.4 Å². The summed E-state index contributed by atoms with van der Waals surface area (Å²) in [5, 5.41) is 0.515. The van der Waals surface area contributed by atoms with Crippen LogP contribution in [0, 0.1) is 0 Å². The zero-order chi connectivity index (χ0) is 17.1. The summed E-state index contributed by atoms with van der Waals surface area (Å²) < 4.78 is 10.2. The topological polar surface area (TPSA) is 52.6 Å². The van der Waals surface area contributed by atoms with Crippen molar-refractivity contribution in [2.24, 2.45) is 0 Å². The molecule has 0 aliphatic carbocycles. The van der Waals surface area contributed by atoms with E-state index < -0.39 is 5.97 Å². The number of halogens is 2. The predicted molar refractivity (Wildman–Crippen MR) is 91.0 cm³/mol. The van der Waals surface area contributed by atoms with E-state index in [1.54, 1.807) is 18.2 Å². The Bertz CT molecular complexity index is 556. The van der Waals surface area contributed by atoms with Crippen LogP contribution in [0.4, 0.5) is 0 Å². The number of hydrogen-bond donors (Lipinski definition) is 0. The number of benzene rings is 1. The van der Waals surface area contributed by atoms with Gasteiger partial charge in [0.15, 0.2) is 5.75 Å². The van der Waals surface area contributed by atoms with Crippen LogP contribution in [0.5, 0.6) is 5.75 Å². The first-order valence-corrected chi connectivity index (χ1v) is 8.21. The zero-order valence-corrected chi connectivity index (χ0v) is 14.5. The second-order valence-electron chi connectivity index (χ2n) is 4.81. The first kappa shape index (κ1) is 19.5. The smallest absolute Gasteiger partial charge is 0.311 e. The number of esters is 2. The maximum Gasteiger partial charge on any atom is 0.311 e. The van der Waals surface area contributed by atoms with Gasteiger partial charge in [0.1, 0.15) is 5.02 Å². The number of allylic oxidation sites excluding steroid dienone is 2. The summed E-state index contributed by atoms with van der Waals surface area (Å²) in [5.41, 5.74) is 0. The maximum atomic E-state index is 11.7. The van der Waals surface area contributed by atoms with Crippen molar-refractivity contribution in [2.45, 2.75) is 39.0 Å². The van der Waals surface area contributed by atoms with Gasteiger partial charge in [-0.1, -0.05) is 41.4 Å². The molecule has 0 radical (unpaired) electrons. The van der Waals surface area contributed by atoms with Gasteiger partial charge >= 0.3 is 11.9 Å². The normalized spacial score (nSPS) is 10.7. The predicted octanol–water partition coefficient (Wildman–Crippen LogP) is 4.97. The molecule has 0 N–H and O–H groups in total. The van der Waals surface area contributed by atoms with Crippen LogP contribution in [0.1, 0.15) is 39.0 Å². The van der Waals surface area contributed by atoms with Crippen molar-refractivity contribution in [3.63, 3.8) is 0 Å². The van der Waals surface area contributed by atoms with Gasteiger partial charge < -0.3 is 9.47 Å².